The molecule has 3 atom stereocenters. The molecular weight excluding hydrogens is 356 g/mol. The summed E-state index contributed by atoms with van der Waals surface area (Å²) in [5, 5.41) is 7.81. The number of carbonyl (C=O) groups excluding carboxylic acids is 1. The SMILES string of the molecule is Cc1noc2nc(C3CC3)cc(C(=O)NC3NNC(c4ccncc4)C3C)c12. The van der Waals surface area contributed by atoms with E-state index in [0.29, 0.717) is 28.3 Å². The summed E-state index contributed by atoms with van der Waals surface area (Å²) in [6.07, 6.45) is 5.55. The van der Waals surface area contributed by atoms with E-state index in [1.165, 1.54) is 0 Å². The van der Waals surface area contributed by atoms with Crippen molar-refractivity contribution >= 4 is 17.0 Å². The minimum atomic E-state index is -0.210. The Morgan fingerprint density at radius 1 is 1.25 bits per heavy atom. The molecule has 1 saturated heterocycles. The number of nitrogens with zero attached hydrogens (tertiary/aromatic N) is 3. The summed E-state index contributed by atoms with van der Waals surface area (Å²) >= 11 is 0. The van der Waals surface area contributed by atoms with Gasteiger partial charge < -0.3 is 9.84 Å². The van der Waals surface area contributed by atoms with Gasteiger partial charge in [0.25, 0.3) is 11.6 Å². The third-order valence-corrected chi connectivity index (χ3v) is 5.67. The predicted molar refractivity (Wildman–Crippen MR) is 102 cm³/mol. The smallest absolute Gasteiger partial charge is 0.259 e. The number of amides is 1. The fraction of sp³-hybridized carbons (Fsp3) is 0.400. The standard InChI is InChI=1S/C20H22N6O2/c1-10-17(13-5-7-21-8-6-13)24-25-18(10)23-19(27)14-9-15(12-3-4-12)22-20-16(14)11(2)26-28-20/h5-10,12,17-18,24-25H,3-4H2,1-2H3,(H,23,27). The van der Waals surface area contributed by atoms with Crippen LogP contribution in [0.5, 0.6) is 0 Å². The molecule has 144 valence electrons. The third kappa shape index (κ3) is 2.94. The van der Waals surface area contributed by atoms with E-state index in [-0.39, 0.29) is 24.0 Å². The zero-order valence-electron chi connectivity index (χ0n) is 15.8. The summed E-state index contributed by atoms with van der Waals surface area (Å²) in [4.78, 5) is 21.8. The first-order valence-corrected chi connectivity index (χ1v) is 9.60. The summed E-state index contributed by atoms with van der Waals surface area (Å²) < 4.78 is 5.35. The molecule has 28 heavy (non-hydrogen) atoms. The van der Waals surface area contributed by atoms with E-state index in [1.807, 2.05) is 25.1 Å². The zero-order valence-corrected chi connectivity index (χ0v) is 15.8. The van der Waals surface area contributed by atoms with Crippen LogP contribution in [0.25, 0.3) is 11.1 Å². The van der Waals surface area contributed by atoms with Crippen LogP contribution in [0.4, 0.5) is 0 Å². The number of fused-ring (bicyclic) bond motifs is 1. The van der Waals surface area contributed by atoms with Crippen LogP contribution in [0.2, 0.25) is 0 Å². The molecule has 2 fully saturated rings. The molecule has 8 heteroatoms. The highest BCUT2D eigenvalue weighted by Crippen LogP contribution is 2.40. The third-order valence-electron chi connectivity index (χ3n) is 5.67. The first kappa shape index (κ1) is 17.3. The van der Waals surface area contributed by atoms with Gasteiger partial charge in [0.05, 0.1) is 28.9 Å². The maximum atomic E-state index is 13.2. The van der Waals surface area contributed by atoms with Gasteiger partial charge in [0.1, 0.15) is 0 Å². The summed E-state index contributed by atoms with van der Waals surface area (Å²) in [6.45, 7) is 3.93. The van der Waals surface area contributed by atoms with Crippen LogP contribution >= 0.6 is 0 Å². The molecular formula is C20H22N6O2. The number of hydrogen-bond acceptors (Lipinski definition) is 7. The lowest BCUT2D eigenvalue weighted by molar-refractivity contribution is 0.0924. The van der Waals surface area contributed by atoms with Crippen molar-refractivity contribution in [1.29, 1.82) is 0 Å². The Kier molecular flexibility index (Phi) is 4.10. The number of rotatable bonds is 4. The fourth-order valence-corrected chi connectivity index (χ4v) is 3.86. The average molecular weight is 378 g/mol. The van der Waals surface area contributed by atoms with E-state index in [2.05, 4.69) is 38.2 Å². The number of nitrogens with one attached hydrogen (secondary N) is 3. The molecule has 0 aromatic carbocycles. The van der Waals surface area contributed by atoms with Gasteiger partial charge in [-0.1, -0.05) is 12.1 Å². The first-order valence-electron chi connectivity index (χ1n) is 9.60. The van der Waals surface area contributed by atoms with Gasteiger partial charge in [-0.25, -0.2) is 15.8 Å². The number of pyridine rings is 2. The topological polar surface area (TPSA) is 105 Å². The van der Waals surface area contributed by atoms with E-state index in [4.69, 9.17) is 4.52 Å². The van der Waals surface area contributed by atoms with E-state index >= 15 is 0 Å². The van der Waals surface area contributed by atoms with E-state index in [9.17, 15) is 4.79 Å². The minimum Gasteiger partial charge on any atom is -0.336 e. The second-order valence-corrected chi connectivity index (χ2v) is 7.67. The van der Waals surface area contributed by atoms with Crippen molar-refractivity contribution in [2.24, 2.45) is 5.92 Å². The largest absolute Gasteiger partial charge is 0.336 e. The van der Waals surface area contributed by atoms with Crippen LogP contribution in [0.1, 0.15) is 59.0 Å². The quantitative estimate of drug-likeness (QED) is 0.640. The molecule has 2 aliphatic rings. The predicted octanol–water partition coefficient (Wildman–Crippen LogP) is 2.34. The van der Waals surface area contributed by atoms with Gasteiger partial charge in [-0.15, -0.1) is 0 Å². The molecule has 0 radical (unpaired) electrons. The monoisotopic (exact) mass is 378 g/mol. The molecule has 1 amide bonds. The average Bonchev–Trinajstić information content (AvgIpc) is 3.42. The van der Waals surface area contributed by atoms with Crippen LogP contribution in [-0.4, -0.2) is 27.2 Å². The molecule has 1 aliphatic carbocycles. The number of carbonyl (C=O) groups is 1. The van der Waals surface area contributed by atoms with Gasteiger partial charge in [0.2, 0.25) is 0 Å². The van der Waals surface area contributed by atoms with Gasteiger partial charge in [0.15, 0.2) is 0 Å². The maximum Gasteiger partial charge on any atom is 0.259 e. The number of aromatic nitrogens is 3. The number of hydrogen-bond donors (Lipinski definition) is 3. The van der Waals surface area contributed by atoms with Gasteiger partial charge >= 0.3 is 0 Å². The lowest BCUT2D eigenvalue weighted by Gasteiger charge is -2.20. The van der Waals surface area contributed by atoms with Gasteiger partial charge in [-0.2, -0.15) is 0 Å². The summed E-state index contributed by atoms with van der Waals surface area (Å²) in [6, 6.07) is 5.95. The van der Waals surface area contributed by atoms with Gasteiger partial charge in [-0.3, -0.25) is 9.78 Å². The molecule has 5 rings (SSSR count). The van der Waals surface area contributed by atoms with Crippen molar-refractivity contribution in [3.05, 3.63) is 53.1 Å². The molecule has 3 aromatic rings. The second kappa shape index (κ2) is 6.65. The first-order chi connectivity index (χ1) is 13.6. The van der Waals surface area contributed by atoms with E-state index in [0.717, 1.165) is 24.1 Å². The van der Waals surface area contributed by atoms with Crippen LogP contribution < -0.4 is 16.2 Å². The van der Waals surface area contributed by atoms with Crippen LogP contribution in [0.3, 0.4) is 0 Å². The van der Waals surface area contributed by atoms with Gasteiger partial charge in [-0.05, 0) is 43.5 Å². The molecule has 1 saturated carbocycles. The van der Waals surface area contributed by atoms with Crippen molar-refractivity contribution in [2.75, 3.05) is 0 Å². The Labute approximate surface area is 162 Å². The van der Waals surface area contributed by atoms with Crippen molar-refractivity contribution in [2.45, 2.75) is 44.8 Å². The van der Waals surface area contributed by atoms with Crippen molar-refractivity contribution < 1.29 is 9.32 Å². The van der Waals surface area contributed by atoms with Crippen LogP contribution in [0, 0.1) is 12.8 Å². The summed E-state index contributed by atoms with van der Waals surface area (Å²) in [5.41, 5.74) is 10.2. The molecule has 4 heterocycles. The lowest BCUT2D eigenvalue weighted by atomic mass is 9.95. The summed E-state index contributed by atoms with van der Waals surface area (Å²) in [5.74, 6) is 0.417. The van der Waals surface area contributed by atoms with Crippen molar-refractivity contribution in [1.82, 2.24) is 31.3 Å². The van der Waals surface area contributed by atoms with Crippen molar-refractivity contribution in [3.63, 3.8) is 0 Å². The molecule has 3 aromatic heterocycles. The zero-order chi connectivity index (χ0) is 19.3. The Balaban J connectivity index is 1.41. The van der Waals surface area contributed by atoms with Crippen molar-refractivity contribution in [3.8, 4) is 0 Å². The molecule has 0 bridgehead atoms. The van der Waals surface area contributed by atoms with Crippen LogP contribution in [0.15, 0.2) is 35.1 Å². The number of hydrazine groups is 1. The summed E-state index contributed by atoms with van der Waals surface area (Å²) in [7, 11) is 0. The minimum absolute atomic E-state index is 0.0881. The lowest BCUT2D eigenvalue weighted by Crippen LogP contribution is -2.46. The Morgan fingerprint density at radius 2 is 2.04 bits per heavy atom. The Hall–Kier alpha value is -2.84. The normalized spacial score (nSPS) is 24.6. The molecule has 0 spiro atoms. The Morgan fingerprint density at radius 3 is 2.79 bits per heavy atom. The highest BCUT2D eigenvalue weighted by atomic mass is 16.5. The Bertz CT molecular complexity index is 1030. The van der Waals surface area contributed by atoms with E-state index in [1.54, 1.807) is 12.4 Å². The van der Waals surface area contributed by atoms with E-state index < -0.39 is 0 Å². The molecule has 1 aliphatic heterocycles. The highest BCUT2D eigenvalue weighted by molar-refractivity contribution is 6.06. The number of aryl methyl sites for hydroxylation is 1. The maximum absolute atomic E-state index is 13.2. The van der Waals surface area contributed by atoms with Crippen LogP contribution in [-0.2, 0) is 0 Å². The van der Waals surface area contributed by atoms with Gasteiger partial charge in [0, 0.05) is 29.9 Å². The highest BCUT2D eigenvalue weighted by Gasteiger charge is 2.35. The molecule has 8 nitrogen and oxygen atoms in total. The second-order valence-electron chi connectivity index (χ2n) is 7.67. The molecule has 3 unspecified atom stereocenters. The fourth-order valence-electron chi connectivity index (χ4n) is 3.86. The molecule has 3 N–H and O–H groups in total.